The molecule has 1 unspecified atom stereocenters. The van der Waals surface area contributed by atoms with Crippen LogP contribution in [-0.4, -0.2) is 33.9 Å². The van der Waals surface area contributed by atoms with Crippen molar-refractivity contribution in [2.24, 2.45) is 0 Å². The molecule has 5 rings (SSSR count). The number of hydrogen-bond acceptors (Lipinski definition) is 7. The van der Waals surface area contributed by atoms with Gasteiger partial charge in [-0.1, -0.05) is 28.1 Å². The normalized spacial score (nSPS) is 15.6. The van der Waals surface area contributed by atoms with E-state index in [1.807, 2.05) is 0 Å². The van der Waals surface area contributed by atoms with Crippen molar-refractivity contribution >= 4 is 50.2 Å². The largest absolute Gasteiger partial charge is 0.503 e. The second kappa shape index (κ2) is 9.67. The first kappa shape index (κ1) is 24.5. The van der Waals surface area contributed by atoms with Gasteiger partial charge in [0.2, 0.25) is 5.78 Å². The van der Waals surface area contributed by atoms with Crippen molar-refractivity contribution in [1.82, 2.24) is 4.98 Å². The molecule has 4 aromatic rings. The van der Waals surface area contributed by atoms with E-state index >= 15 is 0 Å². The first-order chi connectivity index (χ1) is 17.7. The van der Waals surface area contributed by atoms with Crippen LogP contribution in [-0.2, 0) is 9.53 Å². The highest BCUT2D eigenvalue weighted by atomic mass is 79.9. The molecule has 8 nitrogen and oxygen atoms in total. The predicted molar refractivity (Wildman–Crippen MR) is 139 cm³/mol. The number of aliphatic hydroxyl groups is 1. The molecule has 2 aromatic carbocycles. The van der Waals surface area contributed by atoms with Gasteiger partial charge < -0.3 is 14.3 Å². The van der Waals surface area contributed by atoms with Crippen LogP contribution in [0.4, 0.5) is 5.69 Å². The Kier molecular flexibility index (Phi) is 6.39. The van der Waals surface area contributed by atoms with E-state index in [4.69, 9.17) is 9.15 Å². The zero-order chi connectivity index (χ0) is 26.3. The van der Waals surface area contributed by atoms with E-state index in [1.165, 1.54) is 17.2 Å². The molecule has 3 heterocycles. The second-order valence-corrected chi connectivity index (χ2v) is 9.67. The molecule has 1 aliphatic rings. The van der Waals surface area contributed by atoms with Crippen molar-refractivity contribution in [2.75, 3.05) is 4.90 Å². The van der Waals surface area contributed by atoms with Gasteiger partial charge in [0.1, 0.15) is 5.58 Å². The molecule has 1 N–H and O–H groups in total. The number of carbonyl (C=O) groups is 3. The number of benzene rings is 2. The van der Waals surface area contributed by atoms with Crippen molar-refractivity contribution in [3.05, 3.63) is 106 Å². The third-order valence-corrected chi connectivity index (χ3v) is 6.35. The highest BCUT2D eigenvalue weighted by Gasteiger charge is 2.45. The van der Waals surface area contributed by atoms with E-state index in [9.17, 15) is 19.5 Å². The number of hydrogen-bond donors (Lipinski definition) is 1. The molecule has 0 aliphatic carbocycles. The van der Waals surface area contributed by atoms with Crippen molar-refractivity contribution in [3.8, 4) is 0 Å². The third kappa shape index (κ3) is 4.53. The molecule has 0 spiro atoms. The van der Waals surface area contributed by atoms with Gasteiger partial charge in [0.25, 0.3) is 5.91 Å². The summed E-state index contributed by atoms with van der Waals surface area (Å²) in [6.45, 7) is 3.47. The summed E-state index contributed by atoms with van der Waals surface area (Å²) in [7, 11) is 0. The van der Waals surface area contributed by atoms with Gasteiger partial charge in [-0.3, -0.25) is 19.5 Å². The van der Waals surface area contributed by atoms with Crippen molar-refractivity contribution in [1.29, 1.82) is 0 Å². The Hall–Kier alpha value is -4.24. The Morgan fingerprint density at radius 2 is 1.92 bits per heavy atom. The molecule has 9 heteroatoms. The van der Waals surface area contributed by atoms with Gasteiger partial charge >= 0.3 is 5.97 Å². The van der Waals surface area contributed by atoms with Crippen LogP contribution in [0.15, 0.2) is 93.3 Å². The van der Waals surface area contributed by atoms with Crippen LogP contribution in [0.1, 0.15) is 46.4 Å². The van der Waals surface area contributed by atoms with E-state index in [1.54, 1.807) is 74.6 Å². The zero-order valence-electron chi connectivity index (χ0n) is 19.8. The Balaban J connectivity index is 1.61. The van der Waals surface area contributed by atoms with Crippen LogP contribution in [0.25, 0.3) is 11.0 Å². The molecule has 0 saturated heterocycles. The Morgan fingerprint density at radius 1 is 1.11 bits per heavy atom. The molecule has 1 aliphatic heterocycles. The molecule has 0 bridgehead atoms. The summed E-state index contributed by atoms with van der Waals surface area (Å²) in [5, 5.41) is 11.7. The molecule has 186 valence electrons. The first-order valence-electron chi connectivity index (χ1n) is 11.5. The number of amides is 1. The number of aliphatic hydroxyl groups excluding tert-OH is 1. The number of fused-ring (bicyclic) bond motifs is 1. The number of nitrogens with zero attached hydrogens (tertiary/aromatic N) is 2. The van der Waals surface area contributed by atoms with E-state index in [-0.39, 0.29) is 23.0 Å². The average molecular weight is 561 g/mol. The molecule has 0 fully saturated rings. The fourth-order valence-corrected chi connectivity index (χ4v) is 4.66. The molecule has 37 heavy (non-hydrogen) atoms. The van der Waals surface area contributed by atoms with Crippen LogP contribution >= 0.6 is 15.9 Å². The first-order valence-corrected chi connectivity index (χ1v) is 12.3. The maximum Gasteiger partial charge on any atom is 0.338 e. The molecule has 1 amide bonds. The van der Waals surface area contributed by atoms with Gasteiger partial charge in [0.05, 0.1) is 23.3 Å². The molecule has 0 saturated carbocycles. The number of ether oxygens (including phenoxy) is 1. The monoisotopic (exact) mass is 560 g/mol. The third-order valence-electron chi connectivity index (χ3n) is 5.86. The number of rotatable bonds is 6. The summed E-state index contributed by atoms with van der Waals surface area (Å²) in [5.74, 6) is -2.69. The summed E-state index contributed by atoms with van der Waals surface area (Å²) < 4.78 is 11.9. The van der Waals surface area contributed by atoms with Crippen LogP contribution in [0, 0.1) is 0 Å². The number of anilines is 1. The van der Waals surface area contributed by atoms with Gasteiger partial charge in [-0.05, 0) is 67.9 Å². The van der Waals surface area contributed by atoms with Crippen LogP contribution < -0.4 is 4.90 Å². The highest BCUT2D eigenvalue weighted by Crippen LogP contribution is 2.42. The maximum atomic E-state index is 13.7. The van der Waals surface area contributed by atoms with E-state index in [0.717, 1.165) is 4.47 Å². The quantitative estimate of drug-likeness (QED) is 0.229. The van der Waals surface area contributed by atoms with Crippen molar-refractivity contribution in [2.45, 2.75) is 26.0 Å². The average Bonchev–Trinajstić information content (AvgIpc) is 3.42. The van der Waals surface area contributed by atoms with Crippen LogP contribution in [0.5, 0.6) is 0 Å². The number of aromatic nitrogens is 1. The maximum absolute atomic E-state index is 13.7. The predicted octanol–water partition coefficient (Wildman–Crippen LogP) is 5.94. The fraction of sp³-hybridized carbons (Fsp3) is 0.143. The molecular formula is C28H21BrN2O6. The van der Waals surface area contributed by atoms with Crippen molar-refractivity contribution < 1.29 is 28.6 Å². The number of carbonyl (C=O) groups excluding carboxylic acids is 3. The minimum Gasteiger partial charge on any atom is -0.503 e. The standard InChI is InChI=1S/C28H21BrN2O6/c1-15(2)36-28(35)16-5-3-7-20(12-16)31-24(17-6-4-10-30-14-17)23(26(33)27(31)34)25(32)22-13-18-11-19(29)8-9-21(18)37-22/h3-15,24,33H,1-2H3. The number of furan rings is 1. The van der Waals surface area contributed by atoms with Gasteiger partial charge in [0.15, 0.2) is 11.5 Å². The Bertz CT molecular complexity index is 1570. The number of pyridine rings is 1. The summed E-state index contributed by atoms with van der Waals surface area (Å²) in [5.41, 5.74) is 1.37. The molecular weight excluding hydrogens is 540 g/mol. The molecule has 1 atom stereocenters. The van der Waals surface area contributed by atoms with E-state index < -0.39 is 29.5 Å². The number of esters is 1. The highest BCUT2D eigenvalue weighted by molar-refractivity contribution is 9.10. The smallest absolute Gasteiger partial charge is 0.338 e. The lowest BCUT2D eigenvalue weighted by atomic mass is 9.95. The van der Waals surface area contributed by atoms with E-state index in [0.29, 0.717) is 22.2 Å². The minimum atomic E-state index is -1.01. The summed E-state index contributed by atoms with van der Waals surface area (Å²) in [6, 6.07) is 15.5. The lowest BCUT2D eigenvalue weighted by Crippen LogP contribution is -2.31. The number of halogens is 1. The van der Waals surface area contributed by atoms with Crippen LogP contribution in [0.3, 0.4) is 0 Å². The minimum absolute atomic E-state index is 0.0209. The summed E-state index contributed by atoms with van der Waals surface area (Å²) in [6.07, 6.45) is 2.76. The van der Waals surface area contributed by atoms with E-state index in [2.05, 4.69) is 20.9 Å². The van der Waals surface area contributed by atoms with Gasteiger partial charge in [-0.15, -0.1) is 0 Å². The van der Waals surface area contributed by atoms with Crippen molar-refractivity contribution in [3.63, 3.8) is 0 Å². The SMILES string of the molecule is CC(C)OC(=O)c1cccc(N2C(=O)C(O)=C(C(=O)c3cc4cc(Br)ccc4o3)C2c2cccnc2)c1. The van der Waals surface area contributed by atoms with Gasteiger partial charge in [-0.2, -0.15) is 0 Å². The molecule has 2 aromatic heterocycles. The second-order valence-electron chi connectivity index (χ2n) is 8.75. The Labute approximate surface area is 220 Å². The zero-order valence-corrected chi connectivity index (χ0v) is 21.4. The fourth-order valence-electron chi connectivity index (χ4n) is 4.28. The summed E-state index contributed by atoms with van der Waals surface area (Å²) in [4.78, 5) is 45.1. The van der Waals surface area contributed by atoms with Gasteiger partial charge in [-0.25, -0.2) is 4.79 Å². The van der Waals surface area contributed by atoms with Crippen LogP contribution in [0.2, 0.25) is 0 Å². The topological polar surface area (TPSA) is 110 Å². The van der Waals surface area contributed by atoms with Gasteiger partial charge in [0, 0.05) is 27.9 Å². The lowest BCUT2D eigenvalue weighted by Gasteiger charge is -2.26. The number of ketones is 1. The lowest BCUT2D eigenvalue weighted by molar-refractivity contribution is -0.117. The molecule has 0 radical (unpaired) electrons. The number of Topliss-reactive ketones (excluding diaryl/α,β-unsaturated/α-hetero) is 1. The Morgan fingerprint density at radius 3 is 2.65 bits per heavy atom. The summed E-state index contributed by atoms with van der Waals surface area (Å²) >= 11 is 3.40.